The second kappa shape index (κ2) is 15.8. The van der Waals surface area contributed by atoms with Gasteiger partial charge in [0.25, 0.3) is 10.0 Å². The minimum atomic E-state index is -4.10. The van der Waals surface area contributed by atoms with Gasteiger partial charge in [-0.2, -0.15) is 12.6 Å². The quantitative estimate of drug-likeness (QED) is 0.220. The van der Waals surface area contributed by atoms with Crippen molar-refractivity contribution in [2.45, 2.75) is 44.6 Å². The predicted molar refractivity (Wildman–Crippen MR) is 169 cm³/mol. The monoisotopic (exact) mass is 629 g/mol. The lowest BCUT2D eigenvalue weighted by Gasteiger charge is -2.24. The van der Waals surface area contributed by atoms with Crippen molar-refractivity contribution in [3.63, 3.8) is 0 Å². The highest BCUT2D eigenvalue weighted by Crippen LogP contribution is 2.33. The molecule has 0 spiro atoms. The number of hydrogen-bond donors (Lipinski definition) is 3. The van der Waals surface area contributed by atoms with Crippen LogP contribution in [0.2, 0.25) is 5.02 Å². The van der Waals surface area contributed by atoms with Gasteiger partial charge in [-0.15, -0.1) is 0 Å². The molecule has 0 saturated carbocycles. The van der Waals surface area contributed by atoms with Crippen molar-refractivity contribution < 1.29 is 22.8 Å². The number of carbonyl (C=O) groups is 3. The Balaban J connectivity index is 1.73. The van der Waals surface area contributed by atoms with E-state index in [0.29, 0.717) is 47.7 Å². The fourth-order valence-corrected chi connectivity index (χ4v) is 6.34. The first kappa shape index (κ1) is 33.2. The fourth-order valence-electron chi connectivity index (χ4n) is 4.52. The molecule has 0 bridgehead atoms. The van der Waals surface area contributed by atoms with E-state index in [0.717, 1.165) is 18.1 Å². The van der Waals surface area contributed by atoms with Gasteiger partial charge in [0.2, 0.25) is 17.7 Å². The van der Waals surface area contributed by atoms with Crippen molar-refractivity contribution >= 4 is 52.0 Å². The molecule has 0 aromatic heterocycles. The Kier molecular flexibility index (Phi) is 12.4. The van der Waals surface area contributed by atoms with Crippen LogP contribution in [0.4, 0.5) is 0 Å². The number of benzene rings is 3. The van der Waals surface area contributed by atoms with Crippen molar-refractivity contribution in [2.24, 2.45) is 5.92 Å². The highest BCUT2D eigenvalue weighted by atomic mass is 35.5. The van der Waals surface area contributed by atoms with E-state index in [2.05, 4.69) is 17.9 Å². The van der Waals surface area contributed by atoms with Gasteiger partial charge in [-0.25, -0.2) is 13.1 Å². The number of halogens is 1. The van der Waals surface area contributed by atoms with E-state index in [1.165, 1.54) is 6.07 Å². The molecular formula is C31H36ClN3O5S2. The van der Waals surface area contributed by atoms with Crippen molar-refractivity contribution in [3.05, 3.63) is 88.9 Å². The number of nitrogens with one attached hydrogen (secondary N) is 2. The maximum atomic E-state index is 12.9. The molecule has 1 atom stereocenters. The van der Waals surface area contributed by atoms with Crippen LogP contribution in [0.15, 0.2) is 77.7 Å². The molecule has 0 fully saturated rings. The van der Waals surface area contributed by atoms with Gasteiger partial charge >= 0.3 is 0 Å². The summed E-state index contributed by atoms with van der Waals surface area (Å²) in [6.45, 7) is 3.92. The Bertz CT molecular complexity index is 1500. The van der Waals surface area contributed by atoms with E-state index in [1.54, 1.807) is 41.3 Å². The first-order valence-electron chi connectivity index (χ1n) is 13.7. The van der Waals surface area contributed by atoms with Crippen LogP contribution in [0.3, 0.4) is 0 Å². The molecule has 3 aromatic carbocycles. The minimum Gasteiger partial charge on any atom is -0.354 e. The summed E-state index contributed by atoms with van der Waals surface area (Å²) in [5, 5.41) is 3.25. The summed E-state index contributed by atoms with van der Waals surface area (Å²) >= 11 is 11.0. The lowest BCUT2D eigenvalue weighted by Crippen LogP contribution is -2.40. The van der Waals surface area contributed by atoms with E-state index < -0.39 is 15.9 Å². The molecule has 3 aromatic rings. The Morgan fingerprint density at radius 3 is 2.29 bits per heavy atom. The van der Waals surface area contributed by atoms with Gasteiger partial charge in [0.1, 0.15) is 0 Å². The van der Waals surface area contributed by atoms with Gasteiger partial charge in [0.05, 0.1) is 10.8 Å². The molecule has 1 unspecified atom stereocenters. The molecular weight excluding hydrogens is 594 g/mol. The summed E-state index contributed by atoms with van der Waals surface area (Å²) in [6.07, 6.45) is 1.62. The molecule has 8 nitrogen and oxygen atoms in total. The summed E-state index contributed by atoms with van der Waals surface area (Å²) in [5.41, 5.74) is 2.62. The first-order chi connectivity index (χ1) is 20.1. The van der Waals surface area contributed by atoms with Gasteiger partial charge in [-0.1, -0.05) is 79.2 Å². The maximum Gasteiger partial charge on any atom is 0.264 e. The summed E-state index contributed by atoms with van der Waals surface area (Å²) in [5.74, 6) is -0.749. The zero-order valence-electron chi connectivity index (χ0n) is 23.7. The van der Waals surface area contributed by atoms with E-state index in [4.69, 9.17) is 11.6 Å². The van der Waals surface area contributed by atoms with E-state index in [-0.39, 0.29) is 35.7 Å². The highest BCUT2D eigenvalue weighted by Gasteiger charge is 2.22. The molecule has 0 aliphatic carbocycles. The Labute approximate surface area is 258 Å². The van der Waals surface area contributed by atoms with Crippen LogP contribution < -0.4 is 10.0 Å². The number of nitrogens with zero attached hydrogens (tertiary/aromatic N) is 1. The van der Waals surface area contributed by atoms with Crippen LogP contribution in [0.5, 0.6) is 0 Å². The van der Waals surface area contributed by atoms with Crippen LogP contribution in [-0.4, -0.2) is 49.9 Å². The van der Waals surface area contributed by atoms with Gasteiger partial charge in [-0.3, -0.25) is 14.4 Å². The standard InChI is InChI=1S/C31H36ClN3O5S2/c1-3-9-30(37)35(17-16-33-31(38)25(21-41)18-23-10-5-4-6-11-23)20-24-14-15-26(28(32)19-24)27-12-7-8-13-29(27)42(39,40)34-22(2)36/h4-8,10-15,19,25,41H,3,9,16-18,20-21H2,1-2H3,(H,33,38)(H,34,36). The molecule has 0 radical (unpaired) electrons. The first-order valence-corrected chi connectivity index (χ1v) is 16.2. The van der Waals surface area contributed by atoms with Crippen LogP contribution in [-0.2, 0) is 37.4 Å². The van der Waals surface area contributed by atoms with Crippen molar-refractivity contribution in [2.75, 3.05) is 18.8 Å². The zero-order chi connectivity index (χ0) is 30.7. The summed E-state index contributed by atoms with van der Waals surface area (Å²) in [7, 11) is -4.10. The highest BCUT2D eigenvalue weighted by molar-refractivity contribution is 7.90. The van der Waals surface area contributed by atoms with Gasteiger partial charge in [-0.05, 0) is 36.1 Å². The molecule has 0 aliphatic rings. The number of carbonyl (C=O) groups excluding carboxylic acids is 3. The number of thiol groups is 1. The number of hydrogen-bond acceptors (Lipinski definition) is 6. The van der Waals surface area contributed by atoms with E-state index >= 15 is 0 Å². The molecule has 0 saturated heterocycles. The maximum absolute atomic E-state index is 12.9. The second-order valence-corrected chi connectivity index (χ2v) is 12.3. The number of amides is 3. The average Bonchev–Trinajstić information content (AvgIpc) is 2.95. The number of sulfonamides is 1. The van der Waals surface area contributed by atoms with Crippen LogP contribution in [0, 0.1) is 5.92 Å². The van der Waals surface area contributed by atoms with Crippen molar-refractivity contribution in [1.29, 1.82) is 0 Å². The topological polar surface area (TPSA) is 113 Å². The molecule has 2 N–H and O–H groups in total. The van der Waals surface area contributed by atoms with Gasteiger partial charge < -0.3 is 10.2 Å². The normalized spacial score (nSPS) is 11.9. The molecule has 11 heteroatoms. The molecule has 0 heterocycles. The minimum absolute atomic E-state index is 0.0475. The fraction of sp³-hybridized carbons (Fsp3) is 0.323. The molecule has 3 amide bonds. The Morgan fingerprint density at radius 1 is 0.952 bits per heavy atom. The number of rotatable bonds is 14. The smallest absolute Gasteiger partial charge is 0.264 e. The van der Waals surface area contributed by atoms with E-state index in [9.17, 15) is 22.8 Å². The third-order valence-electron chi connectivity index (χ3n) is 6.57. The zero-order valence-corrected chi connectivity index (χ0v) is 26.1. The van der Waals surface area contributed by atoms with Crippen LogP contribution in [0.1, 0.15) is 37.8 Å². The average molecular weight is 630 g/mol. The summed E-state index contributed by atoms with van der Waals surface area (Å²) in [4.78, 5) is 38.8. The third kappa shape index (κ3) is 9.34. The van der Waals surface area contributed by atoms with Gasteiger partial charge in [0, 0.05) is 54.9 Å². The Morgan fingerprint density at radius 2 is 1.64 bits per heavy atom. The Hall–Kier alpha value is -3.34. The lowest BCUT2D eigenvalue weighted by atomic mass is 10.0. The van der Waals surface area contributed by atoms with Crippen LogP contribution in [0.25, 0.3) is 11.1 Å². The molecule has 42 heavy (non-hydrogen) atoms. The third-order valence-corrected chi connectivity index (χ3v) is 8.81. The summed E-state index contributed by atoms with van der Waals surface area (Å²) in [6, 6.07) is 21.2. The van der Waals surface area contributed by atoms with Crippen molar-refractivity contribution in [1.82, 2.24) is 14.9 Å². The molecule has 224 valence electrons. The summed E-state index contributed by atoms with van der Waals surface area (Å²) < 4.78 is 27.5. The lowest BCUT2D eigenvalue weighted by molar-refractivity contribution is -0.132. The molecule has 3 rings (SSSR count). The van der Waals surface area contributed by atoms with Gasteiger partial charge in [0.15, 0.2) is 0 Å². The second-order valence-electron chi connectivity index (χ2n) is 9.90. The predicted octanol–water partition coefficient (Wildman–Crippen LogP) is 4.87. The molecule has 0 aliphatic heterocycles. The SMILES string of the molecule is CCCC(=O)N(CCNC(=O)C(CS)Cc1ccccc1)Cc1ccc(-c2ccccc2S(=O)(=O)NC(C)=O)c(Cl)c1. The largest absolute Gasteiger partial charge is 0.354 e. The van der Waals surface area contributed by atoms with Crippen LogP contribution >= 0.6 is 24.2 Å². The van der Waals surface area contributed by atoms with Crippen molar-refractivity contribution in [3.8, 4) is 11.1 Å². The van der Waals surface area contributed by atoms with E-state index in [1.807, 2.05) is 42.0 Å².